The van der Waals surface area contributed by atoms with Gasteiger partial charge in [0.2, 0.25) is 0 Å². The Kier molecular flexibility index (Phi) is 3.86. The molecule has 20 heavy (non-hydrogen) atoms. The van der Waals surface area contributed by atoms with E-state index in [0.29, 0.717) is 11.0 Å². The van der Waals surface area contributed by atoms with E-state index >= 15 is 0 Å². The summed E-state index contributed by atoms with van der Waals surface area (Å²) in [7, 11) is 0. The molecule has 0 fully saturated rings. The number of thiophene rings is 1. The van der Waals surface area contributed by atoms with Gasteiger partial charge in [-0.25, -0.2) is 9.97 Å². The first-order valence-corrected chi connectivity index (χ1v) is 7.95. The lowest BCUT2D eigenvalue weighted by atomic mass is 10.2. The van der Waals surface area contributed by atoms with Crippen molar-refractivity contribution in [2.75, 3.05) is 5.73 Å². The third-order valence-corrected chi connectivity index (χ3v) is 4.63. The maximum Gasteiger partial charge on any atom is 0.191 e. The second kappa shape index (κ2) is 5.78. The van der Waals surface area contributed by atoms with Gasteiger partial charge < -0.3 is 10.8 Å². The Hall–Kier alpha value is -1.63. The predicted octanol–water partition coefficient (Wildman–Crippen LogP) is 3.06. The monoisotopic (exact) mass is 303 g/mol. The average molecular weight is 303 g/mol. The summed E-state index contributed by atoms with van der Waals surface area (Å²) in [5.41, 5.74) is 8.01. The number of nitrogen functional groups attached to an aromatic ring is 1. The normalized spacial score (nSPS) is 11.1. The van der Waals surface area contributed by atoms with E-state index in [1.54, 1.807) is 23.1 Å². The molecule has 3 rings (SSSR count). The lowest BCUT2D eigenvalue weighted by Gasteiger charge is -2.03. The summed E-state index contributed by atoms with van der Waals surface area (Å²) >= 11 is 3.13. The van der Waals surface area contributed by atoms with Crippen LogP contribution in [0.4, 0.5) is 5.82 Å². The standard InChI is InChI=1S/C14H13N3OS2/c15-12-11-5-6-19-13(11)17-14(16-12)20-8-10-3-1-9(7-18)2-4-10/h1-6,18H,7-8H2,(H2,15,16,17). The molecule has 0 aliphatic carbocycles. The molecule has 0 saturated heterocycles. The third-order valence-electron chi connectivity index (χ3n) is 2.91. The lowest BCUT2D eigenvalue weighted by Crippen LogP contribution is -1.95. The molecule has 0 spiro atoms. The van der Waals surface area contributed by atoms with Crippen LogP contribution in [-0.2, 0) is 12.4 Å². The molecule has 6 heteroatoms. The van der Waals surface area contributed by atoms with Crippen LogP contribution in [0.3, 0.4) is 0 Å². The highest BCUT2D eigenvalue weighted by Crippen LogP contribution is 2.27. The van der Waals surface area contributed by atoms with E-state index in [-0.39, 0.29) is 6.61 Å². The van der Waals surface area contributed by atoms with Crippen LogP contribution >= 0.6 is 23.1 Å². The van der Waals surface area contributed by atoms with Gasteiger partial charge in [-0.2, -0.15) is 0 Å². The topological polar surface area (TPSA) is 72.0 Å². The van der Waals surface area contributed by atoms with Crippen molar-refractivity contribution in [3.05, 3.63) is 46.8 Å². The number of nitrogens with zero attached hydrogens (tertiary/aromatic N) is 2. The largest absolute Gasteiger partial charge is 0.392 e. The maximum absolute atomic E-state index is 9.01. The molecular formula is C14H13N3OS2. The van der Waals surface area contributed by atoms with Crippen LogP contribution in [0.2, 0.25) is 0 Å². The molecule has 0 unspecified atom stereocenters. The van der Waals surface area contributed by atoms with Crippen LogP contribution in [0, 0.1) is 0 Å². The fourth-order valence-corrected chi connectivity index (χ4v) is 3.45. The molecule has 3 N–H and O–H groups in total. The summed E-state index contributed by atoms with van der Waals surface area (Å²) < 4.78 is 0. The number of aliphatic hydroxyl groups is 1. The van der Waals surface area contributed by atoms with E-state index in [2.05, 4.69) is 9.97 Å². The van der Waals surface area contributed by atoms with Crippen LogP contribution in [0.1, 0.15) is 11.1 Å². The van der Waals surface area contributed by atoms with Crippen LogP contribution in [-0.4, -0.2) is 15.1 Å². The molecule has 4 nitrogen and oxygen atoms in total. The van der Waals surface area contributed by atoms with Crippen LogP contribution in [0.25, 0.3) is 10.2 Å². The Labute approximate surface area is 124 Å². The van der Waals surface area contributed by atoms with E-state index < -0.39 is 0 Å². The Balaban J connectivity index is 1.75. The molecule has 0 saturated carbocycles. The number of rotatable bonds is 4. The SMILES string of the molecule is Nc1nc(SCc2ccc(CO)cc2)nc2sccc12. The van der Waals surface area contributed by atoms with Crippen molar-refractivity contribution in [3.8, 4) is 0 Å². The minimum atomic E-state index is 0.0715. The minimum Gasteiger partial charge on any atom is -0.392 e. The summed E-state index contributed by atoms with van der Waals surface area (Å²) in [6.45, 7) is 0.0715. The molecule has 2 aromatic heterocycles. The average Bonchev–Trinajstić information content (AvgIpc) is 2.94. The molecule has 0 amide bonds. The Morgan fingerprint density at radius 3 is 2.60 bits per heavy atom. The number of hydrogen-bond acceptors (Lipinski definition) is 6. The van der Waals surface area contributed by atoms with E-state index in [9.17, 15) is 0 Å². The number of thioether (sulfide) groups is 1. The van der Waals surface area contributed by atoms with Gasteiger partial charge in [-0.05, 0) is 22.6 Å². The highest BCUT2D eigenvalue weighted by molar-refractivity contribution is 7.98. The summed E-state index contributed by atoms with van der Waals surface area (Å²) in [5.74, 6) is 1.32. The molecule has 0 aliphatic heterocycles. The Bertz CT molecular complexity index is 725. The number of aliphatic hydroxyl groups excluding tert-OH is 1. The lowest BCUT2D eigenvalue weighted by molar-refractivity contribution is 0.282. The van der Waals surface area contributed by atoms with Crippen molar-refractivity contribution in [2.24, 2.45) is 0 Å². The van der Waals surface area contributed by atoms with Crippen molar-refractivity contribution >= 4 is 39.1 Å². The summed E-state index contributed by atoms with van der Waals surface area (Å²) in [6, 6.07) is 9.80. The first-order chi connectivity index (χ1) is 9.76. The molecule has 2 heterocycles. The number of fused-ring (bicyclic) bond motifs is 1. The summed E-state index contributed by atoms with van der Waals surface area (Å²) in [4.78, 5) is 9.74. The van der Waals surface area contributed by atoms with Gasteiger partial charge in [0.05, 0.1) is 12.0 Å². The number of aromatic nitrogens is 2. The molecule has 102 valence electrons. The predicted molar refractivity (Wildman–Crippen MR) is 83.8 cm³/mol. The minimum absolute atomic E-state index is 0.0715. The van der Waals surface area contributed by atoms with E-state index in [1.807, 2.05) is 35.7 Å². The number of hydrogen-bond donors (Lipinski definition) is 2. The van der Waals surface area contributed by atoms with Crippen LogP contribution in [0.15, 0.2) is 40.9 Å². The second-order valence-electron chi connectivity index (χ2n) is 4.29. The van der Waals surface area contributed by atoms with Gasteiger partial charge >= 0.3 is 0 Å². The van der Waals surface area contributed by atoms with Gasteiger partial charge in [0.1, 0.15) is 10.6 Å². The van der Waals surface area contributed by atoms with Gasteiger partial charge in [0.15, 0.2) is 5.16 Å². The highest BCUT2D eigenvalue weighted by atomic mass is 32.2. The first-order valence-electron chi connectivity index (χ1n) is 6.08. The molecule has 0 bridgehead atoms. The number of benzene rings is 1. The fourth-order valence-electron chi connectivity index (χ4n) is 1.81. The zero-order chi connectivity index (χ0) is 13.9. The van der Waals surface area contributed by atoms with Gasteiger partial charge in [-0.3, -0.25) is 0 Å². The van der Waals surface area contributed by atoms with Gasteiger partial charge in [0.25, 0.3) is 0 Å². The van der Waals surface area contributed by atoms with E-state index in [1.165, 1.54) is 5.56 Å². The second-order valence-corrected chi connectivity index (χ2v) is 6.13. The smallest absolute Gasteiger partial charge is 0.191 e. The van der Waals surface area contributed by atoms with Gasteiger partial charge in [-0.1, -0.05) is 36.0 Å². The highest BCUT2D eigenvalue weighted by Gasteiger charge is 2.07. The van der Waals surface area contributed by atoms with Gasteiger partial charge in [-0.15, -0.1) is 11.3 Å². The fraction of sp³-hybridized carbons (Fsp3) is 0.143. The summed E-state index contributed by atoms with van der Waals surface area (Å²) in [6.07, 6.45) is 0. The third kappa shape index (κ3) is 2.77. The molecule has 0 radical (unpaired) electrons. The van der Waals surface area contributed by atoms with E-state index in [0.717, 1.165) is 21.5 Å². The van der Waals surface area contributed by atoms with Gasteiger partial charge in [0, 0.05) is 5.75 Å². The summed E-state index contributed by atoms with van der Waals surface area (Å²) in [5, 5.41) is 12.6. The van der Waals surface area contributed by atoms with Crippen LogP contribution in [0.5, 0.6) is 0 Å². The van der Waals surface area contributed by atoms with Crippen molar-refractivity contribution < 1.29 is 5.11 Å². The van der Waals surface area contributed by atoms with Crippen LogP contribution < -0.4 is 5.73 Å². The first kappa shape index (κ1) is 13.4. The quantitative estimate of drug-likeness (QED) is 0.572. The van der Waals surface area contributed by atoms with Crippen molar-refractivity contribution in [3.63, 3.8) is 0 Å². The maximum atomic E-state index is 9.01. The molecule has 3 aromatic rings. The Morgan fingerprint density at radius 1 is 1.10 bits per heavy atom. The zero-order valence-electron chi connectivity index (χ0n) is 10.6. The van der Waals surface area contributed by atoms with Crippen molar-refractivity contribution in [1.82, 2.24) is 9.97 Å². The van der Waals surface area contributed by atoms with Crippen molar-refractivity contribution in [2.45, 2.75) is 17.5 Å². The zero-order valence-corrected chi connectivity index (χ0v) is 12.2. The molecular weight excluding hydrogens is 290 g/mol. The number of anilines is 1. The molecule has 0 atom stereocenters. The van der Waals surface area contributed by atoms with Crippen molar-refractivity contribution in [1.29, 1.82) is 0 Å². The van der Waals surface area contributed by atoms with E-state index in [4.69, 9.17) is 10.8 Å². The molecule has 0 aliphatic rings. The number of nitrogens with two attached hydrogens (primary N) is 1. The molecule has 1 aromatic carbocycles. The Morgan fingerprint density at radius 2 is 1.85 bits per heavy atom.